The van der Waals surface area contributed by atoms with Gasteiger partial charge in [0, 0.05) is 12.7 Å². The standard InChI is InChI=1S/C15H16ClFN2O4/c1-3-12(11(16)7-10(17)8-18)23-13-5-4-6-19-15(13)22-9-14(20)21-2/h3-7H,1,8-9,18H2,2H3/b10-7+,12-11-. The van der Waals surface area contributed by atoms with E-state index in [9.17, 15) is 9.18 Å². The molecule has 0 aliphatic rings. The number of carbonyl (C=O) groups is 1. The number of rotatable bonds is 8. The molecule has 23 heavy (non-hydrogen) atoms. The predicted molar refractivity (Wildman–Crippen MR) is 83.7 cm³/mol. The Hall–Kier alpha value is -2.38. The number of halogens is 2. The van der Waals surface area contributed by atoms with Gasteiger partial charge in [0.2, 0.25) is 0 Å². The molecule has 0 aliphatic carbocycles. The van der Waals surface area contributed by atoms with Crippen LogP contribution in [0.15, 0.2) is 53.7 Å². The van der Waals surface area contributed by atoms with Crippen molar-refractivity contribution >= 4 is 17.6 Å². The average molecular weight is 343 g/mol. The van der Waals surface area contributed by atoms with Gasteiger partial charge in [-0.2, -0.15) is 0 Å². The molecule has 0 fully saturated rings. The molecular weight excluding hydrogens is 327 g/mol. The molecule has 1 rings (SSSR count). The lowest BCUT2D eigenvalue weighted by molar-refractivity contribution is -0.143. The topological polar surface area (TPSA) is 83.7 Å². The molecule has 0 radical (unpaired) electrons. The lowest BCUT2D eigenvalue weighted by Crippen LogP contribution is -2.13. The van der Waals surface area contributed by atoms with E-state index in [4.69, 9.17) is 26.8 Å². The van der Waals surface area contributed by atoms with Gasteiger partial charge in [0.1, 0.15) is 11.6 Å². The molecule has 0 aromatic carbocycles. The van der Waals surface area contributed by atoms with E-state index in [2.05, 4.69) is 16.3 Å². The number of hydrogen-bond donors (Lipinski definition) is 1. The lowest BCUT2D eigenvalue weighted by Gasteiger charge is -2.11. The summed E-state index contributed by atoms with van der Waals surface area (Å²) in [6, 6.07) is 3.13. The highest BCUT2D eigenvalue weighted by molar-refractivity contribution is 6.31. The molecule has 0 bridgehead atoms. The second-order valence-electron chi connectivity index (χ2n) is 3.99. The Kier molecular flexibility index (Phi) is 7.79. The van der Waals surface area contributed by atoms with E-state index in [1.807, 2.05) is 0 Å². The summed E-state index contributed by atoms with van der Waals surface area (Å²) in [4.78, 5) is 15.1. The van der Waals surface area contributed by atoms with Crippen LogP contribution < -0.4 is 15.2 Å². The summed E-state index contributed by atoms with van der Waals surface area (Å²) in [5.41, 5.74) is 5.15. The van der Waals surface area contributed by atoms with E-state index < -0.39 is 11.8 Å². The number of pyridine rings is 1. The van der Waals surface area contributed by atoms with Gasteiger partial charge in [0.05, 0.1) is 12.1 Å². The fourth-order valence-corrected chi connectivity index (χ4v) is 1.56. The highest BCUT2D eigenvalue weighted by atomic mass is 35.5. The minimum absolute atomic E-state index is 0.0364. The van der Waals surface area contributed by atoms with E-state index in [-0.39, 0.29) is 35.6 Å². The Morgan fingerprint density at radius 1 is 1.57 bits per heavy atom. The number of esters is 1. The SMILES string of the molecule is C=C/C(Oc1cccnc1OCC(=O)OC)=C(Cl)\C=C(\F)CN. The van der Waals surface area contributed by atoms with Crippen LogP contribution in [0.3, 0.4) is 0 Å². The van der Waals surface area contributed by atoms with Crippen LogP contribution >= 0.6 is 11.6 Å². The summed E-state index contributed by atoms with van der Waals surface area (Å²) in [5, 5.41) is -0.0364. The minimum atomic E-state index is -0.619. The van der Waals surface area contributed by atoms with Gasteiger partial charge >= 0.3 is 5.97 Å². The van der Waals surface area contributed by atoms with Crippen molar-refractivity contribution in [2.24, 2.45) is 5.73 Å². The van der Waals surface area contributed by atoms with Crippen LogP contribution in [-0.2, 0) is 9.53 Å². The molecule has 124 valence electrons. The van der Waals surface area contributed by atoms with Gasteiger partial charge in [-0.25, -0.2) is 14.2 Å². The van der Waals surface area contributed by atoms with Crippen molar-refractivity contribution in [2.75, 3.05) is 20.3 Å². The van der Waals surface area contributed by atoms with Gasteiger partial charge in [-0.3, -0.25) is 0 Å². The van der Waals surface area contributed by atoms with Crippen LogP contribution in [-0.4, -0.2) is 31.2 Å². The second kappa shape index (κ2) is 9.60. The Labute approximate surface area is 138 Å². The van der Waals surface area contributed by atoms with Crippen LogP contribution in [0.4, 0.5) is 4.39 Å². The Morgan fingerprint density at radius 2 is 2.30 bits per heavy atom. The van der Waals surface area contributed by atoms with E-state index in [0.29, 0.717) is 0 Å². The zero-order valence-electron chi connectivity index (χ0n) is 12.4. The van der Waals surface area contributed by atoms with E-state index >= 15 is 0 Å². The summed E-state index contributed by atoms with van der Waals surface area (Å²) in [5.74, 6) is -0.902. The zero-order valence-corrected chi connectivity index (χ0v) is 13.2. The first kappa shape index (κ1) is 18.7. The highest BCUT2D eigenvalue weighted by Gasteiger charge is 2.12. The van der Waals surface area contributed by atoms with Gasteiger partial charge < -0.3 is 19.9 Å². The summed E-state index contributed by atoms with van der Waals surface area (Å²) in [6.45, 7) is 2.91. The third kappa shape index (κ3) is 6.09. The number of nitrogens with two attached hydrogens (primary N) is 1. The molecule has 0 saturated carbocycles. The van der Waals surface area contributed by atoms with Crippen molar-refractivity contribution < 1.29 is 23.4 Å². The van der Waals surface area contributed by atoms with Crippen LogP contribution in [0.5, 0.6) is 11.6 Å². The summed E-state index contributed by atoms with van der Waals surface area (Å²) in [7, 11) is 1.23. The van der Waals surface area contributed by atoms with E-state index in [1.54, 1.807) is 6.07 Å². The number of methoxy groups -OCH3 is 1. The van der Waals surface area contributed by atoms with Gasteiger partial charge in [-0.1, -0.05) is 18.2 Å². The Morgan fingerprint density at radius 3 is 2.91 bits per heavy atom. The smallest absolute Gasteiger partial charge is 0.343 e. The number of aromatic nitrogens is 1. The van der Waals surface area contributed by atoms with Crippen LogP contribution in [0.1, 0.15) is 0 Å². The van der Waals surface area contributed by atoms with Crippen molar-refractivity contribution in [3.8, 4) is 11.6 Å². The minimum Gasteiger partial charge on any atom is -0.466 e. The largest absolute Gasteiger partial charge is 0.466 e. The number of allylic oxidation sites excluding steroid dienone is 3. The Balaban J connectivity index is 3.00. The predicted octanol–water partition coefficient (Wildman–Crippen LogP) is 2.46. The maximum absolute atomic E-state index is 13.2. The first-order chi connectivity index (χ1) is 11.0. The number of hydrogen-bond acceptors (Lipinski definition) is 6. The van der Waals surface area contributed by atoms with E-state index in [1.165, 1.54) is 25.4 Å². The van der Waals surface area contributed by atoms with Crippen LogP contribution in [0, 0.1) is 0 Å². The summed E-state index contributed by atoms with van der Waals surface area (Å²) >= 11 is 5.95. The number of ether oxygens (including phenoxy) is 3. The third-order valence-corrected chi connectivity index (χ3v) is 2.71. The normalized spacial score (nSPS) is 12.3. The third-order valence-electron chi connectivity index (χ3n) is 2.41. The quantitative estimate of drug-likeness (QED) is 0.444. The van der Waals surface area contributed by atoms with Gasteiger partial charge in [0.15, 0.2) is 12.4 Å². The molecule has 1 aromatic rings. The van der Waals surface area contributed by atoms with Crippen LogP contribution in [0.25, 0.3) is 0 Å². The van der Waals surface area contributed by atoms with Crippen LogP contribution in [0.2, 0.25) is 0 Å². The van der Waals surface area contributed by atoms with Crippen molar-refractivity contribution in [2.45, 2.75) is 0 Å². The molecule has 0 aliphatic heterocycles. The van der Waals surface area contributed by atoms with Gasteiger partial charge in [-0.15, -0.1) is 0 Å². The highest BCUT2D eigenvalue weighted by Crippen LogP contribution is 2.28. The van der Waals surface area contributed by atoms with Crippen molar-refractivity contribution in [1.82, 2.24) is 4.98 Å². The number of carbonyl (C=O) groups excluding carboxylic acids is 1. The maximum Gasteiger partial charge on any atom is 0.343 e. The number of nitrogens with zero attached hydrogens (tertiary/aromatic N) is 1. The van der Waals surface area contributed by atoms with Crippen molar-refractivity contribution in [3.63, 3.8) is 0 Å². The van der Waals surface area contributed by atoms with Crippen molar-refractivity contribution in [1.29, 1.82) is 0 Å². The summed E-state index contributed by atoms with van der Waals surface area (Å²) in [6.07, 6.45) is 3.76. The molecule has 0 amide bonds. The average Bonchev–Trinajstić information content (AvgIpc) is 2.57. The monoisotopic (exact) mass is 342 g/mol. The molecule has 0 spiro atoms. The molecule has 6 nitrogen and oxygen atoms in total. The van der Waals surface area contributed by atoms with Crippen molar-refractivity contribution in [3.05, 3.63) is 53.7 Å². The molecule has 1 aromatic heterocycles. The second-order valence-corrected chi connectivity index (χ2v) is 4.39. The zero-order chi connectivity index (χ0) is 17.2. The first-order valence-corrected chi connectivity index (χ1v) is 6.80. The molecule has 2 N–H and O–H groups in total. The van der Waals surface area contributed by atoms with Gasteiger partial charge in [-0.05, 0) is 24.3 Å². The molecule has 0 atom stereocenters. The molecule has 0 saturated heterocycles. The van der Waals surface area contributed by atoms with E-state index in [0.717, 1.165) is 6.08 Å². The molecule has 8 heteroatoms. The maximum atomic E-state index is 13.2. The summed E-state index contributed by atoms with van der Waals surface area (Å²) < 4.78 is 28.4. The lowest BCUT2D eigenvalue weighted by atomic mass is 10.3. The Bertz CT molecular complexity index is 632. The van der Waals surface area contributed by atoms with Gasteiger partial charge in [0.25, 0.3) is 5.88 Å². The molecule has 1 heterocycles. The fraction of sp³-hybridized carbons (Fsp3) is 0.200. The molecule has 0 unspecified atom stereocenters. The molecular formula is C15H16ClFN2O4. The fourth-order valence-electron chi connectivity index (χ4n) is 1.32. The first-order valence-electron chi connectivity index (χ1n) is 6.42.